The summed E-state index contributed by atoms with van der Waals surface area (Å²) in [5.41, 5.74) is 4.35. The summed E-state index contributed by atoms with van der Waals surface area (Å²) in [6.45, 7) is 6.93. The van der Waals surface area contributed by atoms with Gasteiger partial charge in [-0.1, -0.05) is 6.07 Å². The first-order valence-electron chi connectivity index (χ1n) is 10.3. The van der Waals surface area contributed by atoms with Gasteiger partial charge in [-0.2, -0.15) is 0 Å². The van der Waals surface area contributed by atoms with Crippen molar-refractivity contribution in [1.29, 1.82) is 0 Å². The molecule has 0 saturated carbocycles. The van der Waals surface area contributed by atoms with Crippen molar-refractivity contribution in [2.24, 2.45) is 5.92 Å². The Bertz CT molecular complexity index is 902. The lowest BCUT2D eigenvalue weighted by molar-refractivity contribution is -0.149. The van der Waals surface area contributed by atoms with E-state index in [9.17, 15) is 9.59 Å². The maximum atomic E-state index is 12.9. The van der Waals surface area contributed by atoms with E-state index in [4.69, 9.17) is 4.74 Å². The van der Waals surface area contributed by atoms with Crippen LogP contribution in [0.1, 0.15) is 30.3 Å². The molecule has 7 heteroatoms. The summed E-state index contributed by atoms with van der Waals surface area (Å²) in [6.07, 6.45) is 2.40. The van der Waals surface area contributed by atoms with Crippen molar-refractivity contribution in [1.82, 2.24) is 9.88 Å². The molecule has 0 bridgehead atoms. The van der Waals surface area contributed by atoms with Crippen molar-refractivity contribution in [2.75, 3.05) is 37.7 Å². The number of carbonyl (C=O) groups is 2. The molecule has 1 amide bonds. The highest BCUT2D eigenvalue weighted by Gasteiger charge is 2.30. The minimum absolute atomic E-state index is 0.0263. The van der Waals surface area contributed by atoms with Gasteiger partial charge in [0.25, 0.3) is 0 Å². The number of aryl methyl sites for hydroxylation is 1. The molecule has 1 aromatic heterocycles. The van der Waals surface area contributed by atoms with E-state index in [-0.39, 0.29) is 17.8 Å². The minimum atomic E-state index is -0.0990. The second kappa shape index (κ2) is 8.63. The number of benzene rings is 1. The van der Waals surface area contributed by atoms with Gasteiger partial charge >= 0.3 is 5.97 Å². The van der Waals surface area contributed by atoms with Crippen LogP contribution in [0, 0.1) is 12.8 Å². The van der Waals surface area contributed by atoms with Gasteiger partial charge in [0.1, 0.15) is 0 Å². The number of fused-ring (bicyclic) bond motifs is 1. The lowest BCUT2D eigenvalue weighted by Crippen LogP contribution is -2.44. The fourth-order valence-electron chi connectivity index (χ4n) is 4.18. The number of likely N-dealkylation sites (tertiary alicyclic amines) is 1. The van der Waals surface area contributed by atoms with Crippen LogP contribution in [0.2, 0.25) is 0 Å². The highest BCUT2D eigenvalue weighted by molar-refractivity contribution is 7.09. The van der Waals surface area contributed by atoms with E-state index in [2.05, 4.69) is 33.5 Å². The number of rotatable bonds is 5. The Labute approximate surface area is 175 Å². The Kier molecular flexibility index (Phi) is 5.96. The molecular weight excluding hydrogens is 386 g/mol. The summed E-state index contributed by atoms with van der Waals surface area (Å²) in [5.74, 6) is 0.00947. The van der Waals surface area contributed by atoms with Gasteiger partial charge in [0.05, 0.1) is 29.8 Å². The summed E-state index contributed by atoms with van der Waals surface area (Å²) in [4.78, 5) is 33.4. The molecule has 0 spiro atoms. The standard InChI is InChI=1S/C22H27N3O3S/c1-3-28-22(27)16-6-9-24(10-7-16)13-21(26)25-11-8-18-12-17(4-5-20(18)25)19-14-29-15(2)23-19/h4-5,12,14,16H,3,6-11,13H2,1-2H3. The van der Waals surface area contributed by atoms with Crippen molar-refractivity contribution in [3.63, 3.8) is 0 Å². The summed E-state index contributed by atoms with van der Waals surface area (Å²) in [5, 5.41) is 3.14. The number of thiazole rings is 1. The van der Waals surface area contributed by atoms with Gasteiger partial charge in [-0.25, -0.2) is 4.98 Å². The number of amides is 1. The third kappa shape index (κ3) is 4.36. The van der Waals surface area contributed by atoms with Gasteiger partial charge in [-0.3, -0.25) is 14.5 Å². The summed E-state index contributed by atoms with van der Waals surface area (Å²) in [7, 11) is 0. The molecule has 1 saturated heterocycles. The number of hydrogen-bond acceptors (Lipinski definition) is 6. The smallest absolute Gasteiger partial charge is 0.309 e. The molecule has 4 rings (SSSR count). The normalized spacial score (nSPS) is 17.4. The molecule has 3 heterocycles. The van der Waals surface area contributed by atoms with E-state index in [1.807, 2.05) is 18.7 Å². The lowest BCUT2D eigenvalue weighted by Gasteiger charge is -2.31. The van der Waals surface area contributed by atoms with E-state index in [1.54, 1.807) is 11.3 Å². The van der Waals surface area contributed by atoms with Crippen LogP contribution in [0.5, 0.6) is 0 Å². The molecule has 29 heavy (non-hydrogen) atoms. The number of nitrogens with zero attached hydrogens (tertiary/aromatic N) is 3. The summed E-state index contributed by atoms with van der Waals surface area (Å²) in [6, 6.07) is 6.28. The number of anilines is 1. The Morgan fingerprint density at radius 2 is 2.03 bits per heavy atom. The van der Waals surface area contributed by atoms with Crippen molar-refractivity contribution >= 4 is 28.9 Å². The van der Waals surface area contributed by atoms with Gasteiger partial charge in [-0.15, -0.1) is 11.3 Å². The first-order valence-corrected chi connectivity index (χ1v) is 11.2. The SMILES string of the molecule is CCOC(=O)C1CCN(CC(=O)N2CCc3cc(-c4csc(C)n4)ccc32)CC1. The molecule has 154 valence electrons. The van der Waals surface area contributed by atoms with E-state index in [0.29, 0.717) is 13.2 Å². The predicted octanol–water partition coefficient (Wildman–Crippen LogP) is 3.28. The number of carbonyl (C=O) groups excluding carboxylic acids is 2. The van der Waals surface area contributed by atoms with Gasteiger partial charge in [-0.05, 0) is 63.9 Å². The maximum Gasteiger partial charge on any atom is 0.309 e. The average Bonchev–Trinajstić information content (AvgIpc) is 3.34. The van der Waals surface area contributed by atoms with Crippen LogP contribution in [-0.4, -0.2) is 54.5 Å². The quantitative estimate of drug-likeness (QED) is 0.704. The summed E-state index contributed by atoms with van der Waals surface area (Å²) >= 11 is 1.65. The number of esters is 1. The number of ether oxygens (including phenoxy) is 1. The largest absolute Gasteiger partial charge is 0.466 e. The fraction of sp³-hybridized carbons (Fsp3) is 0.500. The molecule has 1 aromatic carbocycles. The molecule has 2 aromatic rings. The van der Waals surface area contributed by atoms with Crippen LogP contribution in [-0.2, 0) is 20.7 Å². The van der Waals surface area contributed by atoms with Crippen molar-refractivity contribution in [3.05, 3.63) is 34.2 Å². The van der Waals surface area contributed by atoms with Crippen LogP contribution in [0.15, 0.2) is 23.6 Å². The molecule has 0 radical (unpaired) electrons. The maximum absolute atomic E-state index is 12.9. The second-order valence-electron chi connectivity index (χ2n) is 7.69. The first-order chi connectivity index (χ1) is 14.0. The Balaban J connectivity index is 1.36. The molecule has 0 atom stereocenters. The average molecular weight is 414 g/mol. The van der Waals surface area contributed by atoms with Crippen molar-refractivity contribution < 1.29 is 14.3 Å². The molecule has 0 aliphatic carbocycles. The molecular formula is C22H27N3O3S. The van der Waals surface area contributed by atoms with E-state index in [1.165, 1.54) is 5.56 Å². The van der Waals surface area contributed by atoms with Crippen molar-refractivity contribution in [2.45, 2.75) is 33.1 Å². The van der Waals surface area contributed by atoms with E-state index in [0.717, 1.165) is 60.8 Å². The predicted molar refractivity (Wildman–Crippen MR) is 114 cm³/mol. The third-order valence-electron chi connectivity index (χ3n) is 5.76. The zero-order valence-electron chi connectivity index (χ0n) is 17.0. The monoisotopic (exact) mass is 413 g/mol. The Morgan fingerprint density at radius 1 is 1.24 bits per heavy atom. The Morgan fingerprint density at radius 3 is 2.72 bits per heavy atom. The van der Waals surface area contributed by atoms with E-state index < -0.39 is 0 Å². The highest BCUT2D eigenvalue weighted by atomic mass is 32.1. The Hall–Kier alpha value is -2.25. The van der Waals surface area contributed by atoms with Gasteiger partial charge in [0.15, 0.2) is 0 Å². The lowest BCUT2D eigenvalue weighted by atomic mass is 9.97. The highest BCUT2D eigenvalue weighted by Crippen LogP contribution is 2.33. The van der Waals surface area contributed by atoms with E-state index >= 15 is 0 Å². The van der Waals surface area contributed by atoms with Crippen LogP contribution >= 0.6 is 11.3 Å². The number of hydrogen-bond donors (Lipinski definition) is 0. The summed E-state index contributed by atoms with van der Waals surface area (Å²) < 4.78 is 5.12. The van der Waals surface area contributed by atoms with Gasteiger partial charge in [0, 0.05) is 23.2 Å². The molecule has 0 unspecified atom stereocenters. The minimum Gasteiger partial charge on any atom is -0.466 e. The van der Waals surface area contributed by atoms with Crippen LogP contribution in [0.25, 0.3) is 11.3 Å². The first kappa shape index (κ1) is 20.0. The van der Waals surface area contributed by atoms with Gasteiger partial charge < -0.3 is 9.64 Å². The molecule has 0 N–H and O–H groups in total. The third-order valence-corrected chi connectivity index (χ3v) is 6.53. The second-order valence-corrected chi connectivity index (χ2v) is 8.76. The van der Waals surface area contributed by atoms with Crippen LogP contribution in [0.4, 0.5) is 5.69 Å². The zero-order valence-corrected chi connectivity index (χ0v) is 17.8. The topological polar surface area (TPSA) is 62.7 Å². The number of aromatic nitrogens is 1. The molecule has 2 aliphatic rings. The van der Waals surface area contributed by atoms with Gasteiger partial charge in [0.2, 0.25) is 5.91 Å². The molecule has 6 nitrogen and oxygen atoms in total. The van der Waals surface area contributed by atoms with Crippen LogP contribution in [0.3, 0.4) is 0 Å². The molecule has 2 aliphatic heterocycles. The number of piperidine rings is 1. The fourth-order valence-corrected chi connectivity index (χ4v) is 4.80. The van der Waals surface area contributed by atoms with Crippen LogP contribution < -0.4 is 4.90 Å². The van der Waals surface area contributed by atoms with Crippen molar-refractivity contribution in [3.8, 4) is 11.3 Å². The molecule has 1 fully saturated rings. The zero-order chi connectivity index (χ0) is 20.4.